The van der Waals surface area contributed by atoms with Crippen LogP contribution in [0.3, 0.4) is 0 Å². The first-order valence-electron chi connectivity index (χ1n) is 27.9. The Morgan fingerprint density at radius 3 is 1.85 bits per heavy atom. The number of fused-ring (bicyclic) bond motifs is 5. The van der Waals surface area contributed by atoms with Crippen LogP contribution in [-0.4, -0.2) is 18.4 Å². The van der Waals surface area contributed by atoms with Gasteiger partial charge in [-0.25, -0.2) is 0 Å². The van der Waals surface area contributed by atoms with Crippen molar-refractivity contribution in [1.29, 1.82) is 0 Å². The van der Waals surface area contributed by atoms with Crippen LogP contribution in [0.2, 0.25) is 0 Å². The maximum atomic E-state index is 13.2. The summed E-state index contributed by atoms with van der Waals surface area (Å²) in [5.41, 5.74) is 2.72. The molecule has 3 saturated carbocycles. The summed E-state index contributed by atoms with van der Waals surface area (Å²) in [5, 5.41) is 0. The van der Waals surface area contributed by atoms with Crippen molar-refractivity contribution in [2.45, 2.75) is 280 Å². The summed E-state index contributed by atoms with van der Waals surface area (Å²) in [6.45, 7) is 17.9. The number of allylic oxidation sites excluding steroid dienone is 2. The first-order valence-corrected chi connectivity index (χ1v) is 27.9. The molecular formula is C58H104O3. The number of carbonyl (C=O) groups is 2. The molecular weight excluding hydrogens is 745 g/mol. The smallest absolute Gasteiger partial charge is 0.305 e. The molecule has 3 nitrogen and oxygen atoms in total. The molecule has 0 N–H and O–H groups in total. The van der Waals surface area contributed by atoms with Crippen LogP contribution in [0.1, 0.15) is 280 Å². The van der Waals surface area contributed by atoms with Gasteiger partial charge in [-0.15, -0.1) is 0 Å². The predicted molar refractivity (Wildman–Crippen MR) is 263 cm³/mol. The molecule has 0 radical (unpaired) electrons. The van der Waals surface area contributed by atoms with Gasteiger partial charge in [-0.05, 0) is 129 Å². The normalized spacial score (nSPS) is 27.8. The minimum atomic E-state index is 0.0231. The number of ketones is 1. The maximum absolute atomic E-state index is 13.2. The second kappa shape index (κ2) is 28.7. The van der Waals surface area contributed by atoms with E-state index in [9.17, 15) is 9.59 Å². The second-order valence-corrected chi connectivity index (χ2v) is 23.1. The number of carbonyl (C=O) groups excluding carboxylic acids is 2. The number of rotatable bonds is 34. The van der Waals surface area contributed by atoms with Gasteiger partial charge in [0.2, 0.25) is 0 Å². The van der Waals surface area contributed by atoms with Crippen molar-refractivity contribution >= 4 is 11.8 Å². The summed E-state index contributed by atoms with van der Waals surface area (Å²) < 4.78 is 5.64. The van der Waals surface area contributed by atoms with E-state index in [-0.39, 0.29) is 5.97 Å². The van der Waals surface area contributed by atoms with Crippen LogP contribution in [0.15, 0.2) is 11.6 Å². The molecule has 4 aliphatic rings. The third-order valence-corrected chi connectivity index (χ3v) is 18.0. The van der Waals surface area contributed by atoms with Gasteiger partial charge in [0.1, 0.15) is 5.78 Å². The Labute approximate surface area is 380 Å². The lowest BCUT2D eigenvalue weighted by Crippen LogP contribution is -2.50. The third-order valence-electron chi connectivity index (χ3n) is 18.0. The van der Waals surface area contributed by atoms with Gasteiger partial charge < -0.3 is 4.74 Å². The molecule has 0 spiro atoms. The maximum Gasteiger partial charge on any atom is 0.305 e. The van der Waals surface area contributed by atoms with Crippen LogP contribution < -0.4 is 0 Å². The van der Waals surface area contributed by atoms with Gasteiger partial charge in [0.25, 0.3) is 0 Å². The summed E-state index contributed by atoms with van der Waals surface area (Å²) in [5.74, 6) is 7.27. The molecule has 0 aromatic rings. The topological polar surface area (TPSA) is 43.4 Å². The van der Waals surface area contributed by atoms with Gasteiger partial charge in [0, 0.05) is 19.3 Å². The third kappa shape index (κ3) is 17.3. The van der Waals surface area contributed by atoms with E-state index in [1.807, 2.05) is 0 Å². The Morgan fingerprint density at radius 2 is 1.25 bits per heavy atom. The molecule has 61 heavy (non-hydrogen) atoms. The van der Waals surface area contributed by atoms with E-state index in [0.29, 0.717) is 35.6 Å². The van der Waals surface area contributed by atoms with Crippen LogP contribution in [0, 0.1) is 58.2 Å². The van der Waals surface area contributed by atoms with E-state index in [2.05, 4.69) is 54.5 Å². The van der Waals surface area contributed by atoms with Gasteiger partial charge in [-0.2, -0.15) is 0 Å². The van der Waals surface area contributed by atoms with Crippen LogP contribution in [0.4, 0.5) is 0 Å². The average Bonchev–Trinajstić information content (AvgIpc) is 3.59. The van der Waals surface area contributed by atoms with Crippen LogP contribution >= 0.6 is 0 Å². The molecule has 0 aromatic heterocycles. The molecule has 8 atom stereocenters. The average molecular weight is 849 g/mol. The number of hydrogen-bond acceptors (Lipinski definition) is 3. The minimum Gasteiger partial charge on any atom is -0.466 e. The molecule has 4 rings (SSSR count). The monoisotopic (exact) mass is 849 g/mol. The van der Waals surface area contributed by atoms with E-state index in [1.54, 1.807) is 5.57 Å². The van der Waals surface area contributed by atoms with Crippen molar-refractivity contribution in [2.75, 3.05) is 6.61 Å². The van der Waals surface area contributed by atoms with Gasteiger partial charge in [0.05, 0.1) is 6.61 Å². The lowest BCUT2D eigenvalue weighted by atomic mass is 9.46. The highest BCUT2D eigenvalue weighted by molar-refractivity contribution is 5.78. The highest BCUT2D eigenvalue weighted by atomic mass is 16.5. The fourth-order valence-electron chi connectivity index (χ4n) is 14.1. The van der Waals surface area contributed by atoms with E-state index >= 15 is 0 Å². The van der Waals surface area contributed by atoms with Crippen LogP contribution in [-0.2, 0) is 14.3 Å². The molecule has 0 saturated heterocycles. The SMILES string of the molecule is CCCCCC(CCCCC)CCOC(=O)CCCCCCCCCCCCCCCC(=O)CC1CCC2(C)C(=CCC3C2CCC2(C)C3CCC2[C@H](C)CCCC(C)C)C1. The van der Waals surface area contributed by atoms with Crippen LogP contribution in [0.5, 0.6) is 0 Å². The van der Waals surface area contributed by atoms with E-state index in [0.717, 1.165) is 80.0 Å². The van der Waals surface area contributed by atoms with Crippen molar-refractivity contribution < 1.29 is 14.3 Å². The Balaban J connectivity index is 0.968. The van der Waals surface area contributed by atoms with E-state index in [4.69, 9.17) is 4.74 Å². The number of esters is 1. The molecule has 7 unspecified atom stereocenters. The Bertz CT molecular complexity index is 1220. The van der Waals surface area contributed by atoms with Gasteiger partial charge in [-0.3, -0.25) is 9.59 Å². The molecule has 3 heteroatoms. The summed E-state index contributed by atoms with van der Waals surface area (Å²) in [6.07, 6.45) is 48.2. The minimum absolute atomic E-state index is 0.0231. The first-order chi connectivity index (χ1) is 29.5. The highest BCUT2D eigenvalue weighted by Gasteiger charge is 2.59. The molecule has 354 valence electrons. The standard InChI is InChI=1S/C58H104O3/c1-8-10-23-30-48(31-24-11-9-2)40-43-61-56(60)33-26-22-20-18-16-14-12-13-15-17-19-21-25-32-51(59)45-49-38-41-57(6)50(44-49)34-35-52-54-37-36-53(47(5)29-27-28-46(3)4)58(54,7)42-39-55(52)57/h34,46-49,52-55H,8-33,35-45H2,1-7H3/t47-,49?,52?,53?,54?,55?,57?,58?/m1/s1. The molecule has 0 aromatic carbocycles. The van der Waals surface area contributed by atoms with Gasteiger partial charge in [0.15, 0.2) is 0 Å². The summed E-state index contributed by atoms with van der Waals surface area (Å²) >= 11 is 0. The fraction of sp³-hybridized carbons (Fsp3) is 0.931. The van der Waals surface area contributed by atoms with Crippen LogP contribution in [0.25, 0.3) is 0 Å². The number of ether oxygens (including phenoxy) is 1. The quantitative estimate of drug-likeness (QED) is 0.0368. The zero-order valence-electron chi connectivity index (χ0n) is 42.1. The lowest BCUT2D eigenvalue weighted by Gasteiger charge is -2.58. The van der Waals surface area contributed by atoms with Crippen molar-refractivity contribution in [2.24, 2.45) is 58.2 Å². The zero-order valence-corrected chi connectivity index (χ0v) is 42.1. The first kappa shape index (κ1) is 52.5. The predicted octanol–water partition coefficient (Wildman–Crippen LogP) is 18.2. The van der Waals surface area contributed by atoms with E-state index in [1.165, 1.54) is 186 Å². The molecule has 0 heterocycles. The van der Waals surface area contributed by atoms with Crippen molar-refractivity contribution in [1.82, 2.24) is 0 Å². The summed E-state index contributed by atoms with van der Waals surface area (Å²) in [4.78, 5) is 25.4. The van der Waals surface area contributed by atoms with Gasteiger partial charge in [-0.1, -0.05) is 201 Å². The molecule has 3 fully saturated rings. The second-order valence-electron chi connectivity index (χ2n) is 23.1. The van der Waals surface area contributed by atoms with Crippen molar-refractivity contribution in [3.63, 3.8) is 0 Å². The summed E-state index contributed by atoms with van der Waals surface area (Å²) in [7, 11) is 0. The fourth-order valence-corrected chi connectivity index (χ4v) is 14.1. The number of Topliss-reactive ketones (excluding diaryl/α,β-unsaturated/α-hetero) is 1. The highest BCUT2D eigenvalue weighted by Crippen LogP contribution is 2.67. The Hall–Kier alpha value is -1.12. The van der Waals surface area contributed by atoms with E-state index < -0.39 is 0 Å². The summed E-state index contributed by atoms with van der Waals surface area (Å²) in [6, 6.07) is 0. The number of hydrogen-bond donors (Lipinski definition) is 0. The Morgan fingerprint density at radius 1 is 0.639 bits per heavy atom. The largest absolute Gasteiger partial charge is 0.466 e. The molecule has 0 bridgehead atoms. The Kier molecular flexibility index (Phi) is 24.7. The van der Waals surface area contributed by atoms with Crippen molar-refractivity contribution in [3.05, 3.63) is 11.6 Å². The molecule has 4 aliphatic carbocycles. The van der Waals surface area contributed by atoms with Gasteiger partial charge >= 0.3 is 5.97 Å². The molecule has 0 aliphatic heterocycles. The molecule has 0 amide bonds. The zero-order chi connectivity index (χ0) is 43.9. The number of unbranched alkanes of at least 4 members (excludes halogenated alkanes) is 16. The lowest BCUT2D eigenvalue weighted by molar-refractivity contribution is -0.144. The van der Waals surface area contributed by atoms with Crippen molar-refractivity contribution in [3.8, 4) is 0 Å².